The molecule has 0 aliphatic heterocycles. The molecule has 0 atom stereocenters. The first-order valence-corrected chi connectivity index (χ1v) is 7.16. The maximum absolute atomic E-state index is 12.2. The zero-order valence-corrected chi connectivity index (χ0v) is 12.9. The van der Waals surface area contributed by atoms with E-state index in [1.807, 2.05) is 17.4 Å². The largest absolute Gasteiger partial charge is 0.493 e. The summed E-state index contributed by atoms with van der Waals surface area (Å²) in [7, 11) is 3.08. The molecule has 1 amide bonds. The van der Waals surface area contributed by atoms with Crippen LogP contribution in [0.2, 0.25) is 0 Å². The van der Waals surface area contributed by atoms with E-state index in [1.165, 1.54) is 7.11 Å². The second-order valence-corrected chi connectivity index (χ2v) is 5.16. The van der Waals surface area contributed by atoms with Crippen LogP contribution in [0.4, 0.5) is 13.2 Å². The van der Waals surface area contributed by atoms with Crippen LogP contribution in [0, 0.1) is 0 Å². The molecule has 1 aliphatic carbocycles. The van der Waals surface area contributed by atoms with Gasteiger partial charge in [0.2, 0.25) is 0 Å². The van der Waals surface area contributed by atoms with Gasteiger partial charge in [0.1, 0.15) is 0 Å². The Balaban J connectivity index is 2.21. The lowest BCUT2D eigenvalue weighted by atomic mass is 9.86. The summed E-state index contributed by atoms with van der Waals surface area (Å²) in [5, 5.41) is 1.86. The molecule has 0 unspecified atom stereocenters. The first kappa shape index (κ1) is 17.2. The Morgan fingerprint density at radius 2 is 1.87 bits per heavy atom. The van der Waals surface area contributed by atoms with Crippen molar-refractivity contribution >= 4 is 11.5 Å². The molecule has 1 aliphatic rings. The van der Waals surface area contributed by atoms with E-state index >= 15 is 0 Å². The molecule has 0 heterocycles. The molecular weight excluding hydrogens is 311 g/mol. The first-order chi connectivity index (χ1) is 10.9. The predicted molar refractivity (Wildman–Crippen MR) is 79.5 cm³/mol. The van der Waals surface area contributed by atoms with E-state index in [0.717, 1.165) is 36.0 Å². The molecule has 1 aromatic carbocycles. The summed E-state index contributed by atoms with van der Waals surface area (Å²) in [5.74, 6) is -0.742. The highest BCUT2D eigenvalue weighted by Crippen LogP contribution is 2.38. The molecule has 0 fully saturated rings. The van der Waals surface area contributed by atoms with Crippen molar-refractivity contribution in [3.05, 3.63) is 29.3 Å². The fraction of sp³-hybridized carbons (Fsp3) is 0.438. The van der Waals surface area contributed by atoms with Gasteiger partial charge in [-0.25, -0.2) is 0 Å². The highest BCUT2D eigenvalue weighted by molar-refractivity contribution is 5.82. The van der Waals surface area contributed by atoms with Crippen LogP contribution >= 0.6 is 0 Å². The second-order valence-electron chi connectivity index (χ2n) is 5.16. The number of methoxy groups -OCH3 is 2. The third kappa shape index (κ3) is 3.97. The number of nitrogens with one attached hydrogen (secondary N) is 1. The lowest BCUT2D eigenvalue weighted by Crippen LogP contribution is -2.36. The number of alkyl halides is 3. The summed E-state index contributed by atoms with van der Waals surface area (Å²) in [6, 6.07) is 3.71. The van der Waals surface area contributed by atoms with E-state index in [4.69, 9.17) is 9.47 Å². The van der Waals surface area contributed by atoms with Gasteiger partial charge in [0.15, 0.2) is 11.5 Å². The van der Waals surface area contributed by atoms with Crippen LogP contribution in [0.5, 0.6) is 11.5 Å². The van der Waals surface area contributed by atoms with Crippen LogP contribution in [-0.2, 0) is 11.2 Å². The van der Waals surface area contributed by atoms with Gasteiger partial charge in [-0.15, -0.1) is 0 Å². The van der Waals surface area contributed by atoms with Crippen molar-refractivity contribution in [2.75, 3.05) is 20.8 Å². The van der Waals surface area contributed by atoms with Crippen LogP contribution in [0.15, 0.2) is 18.2 Å². The quantitative estimate of drug-likeness (QED) is 0.923. The van der Waals surface area contributed by atoms with Gasteiger partial charge >= 0.3 is 12.1 Å². The number of carbonyl (C=O) groups excluding carboxylic acids is 1. The topological polar surface area (TPSA) is 47.6 Å². The van der Waals surface area contributed by atoms with E-state index in [1.54, 1.807) is 13.2 Å². The third-order valence-corrected chi connectivity index (χ3v) is 3.72. The number of hydrogen-bond donors (Lipinski definition) is 1. The van der Waals surface area contributed by atoms with E-state index in [0.29, 0.717) is 11.5 Å². The Bertz CT molecular complexity index is 624. The fourth-order valence-corrected chi connectivity index (χ4v) is 2.61. The number of amides is 1. The van der Waals surface area contributed by atoms with Crippen LogP contribution in [0.3, 0.4) is 0 Å². The molecule has 0 saturated carbocycles. The number of hydrogen-bond acceptors (Lipinski definition) is 3. The van der Waals surface area contributed by atoms with Crippen molar-refractivity contribution in [3.8, 4) is 11.5 Å². The van der Waals surface area contributed by atoms with Crippen molar-refractivity contribution < 1.29 is 27.4 Å². The van der Waals surface area contributed by atoms with Gasteiger partial charge in [-0.1, -0.05) is 6.08 Å². The van der Waals surface area contributed by atoms with E-state index in [2.05, 4.69) is 0 Å². The van der Waals surface area contributed by atoms with Crippen LogP contribution in [0.25, 0.3) is 5.57 Å². The standard InChI is InChI=1S/C16H18F3NO3/c1-22-13-8-11-5-3-4-10(12(11)9-14(13)23-2)6-7-20-15(21)16(17,18)19/h6,8-9H,3-5,7H2,1-2H3,(H,20,21). The number of carbonyl (C=O) groups is 1. The van der Waals surface area contributed by atoms with Gasteiger partial charge in [-0.2, -0.15) is 13.2 Å². The minimum absolute atomic E-state index is 0.165. The number of fused-ring (bicyclic) bond motifs is 1. The minimum atomic E-state index is -4.86. The number of aryl methyl sites for hydroxylation is 1. The average Bonchev–Trinajstić information content (AvgIpc) is 2.52. The third-order valence-electron chi connectivity index (χ3n) is 3.72. The predicted octanol–water partition coefficient (Wildman–Crippen LogP) is 3.10. The Morgan fingerprint density at radius 3 is 2.48 bits per heavy atom. The molecule has 0 saturated heterocycles. The molecule has 1 aromatic rings. The summed E-state index contributed by atoms with van der Waals surface area (Å²) < 4.78 is 47.0. The van der Waals surface area contributed by atoms with Crippen LogP contribution in [0.1, 0.15) is 24.0 Å². The smallest absolute Gasteiger partial charge is 0.471 e. The first-order valence-electron chi connectivity index (χ1n) is 7.16. The number of ether oxygens (including phenoxy) is 2. The highest BCUT2D eigenvalue weighted by atomic mass is 19.4. The Labute approximate surface area is 132 Å². The van der Waals surface area contributed by atoms with E-state index in [9.17, 15) is 18.0 Å². The van der Waals surface area contributed by atoms with Crippen molar-refractivity contribution in [2.24, 2.45) is 0 Å². The van der Waals surface area contributed by atoms with E-state index < -0.39 is 12.1 Å². The van der Waals surface area contributed by atoms with Crippen molar-refractivity contribution in [2.45, 2.75) is 25.4 Å². The Hall–Kier alpha value is -2.18. The van der Waals surface area contributed by atoms with Gasteiger partial charge in [0, 0.05) is 6.54 Å². The molecule has 2 rings (SSSR count). The zero-order valence-electron chi connectivity index (χ0n) is 12.9. The second kappa shape index (κ2) is 6.93. The lowest BCUT2D eigenvalue weighted by molar-refractivity contribution is -0.173. The summed E-state index contributed by atoms with van der Waals surface area (Å²) >= 11 is 0. The van der Waals surface area contributed by atoms with Gasteiger partial charge in [-0.05, 0) is 48.1 Å². The normalized spacial score (nSPS) is 16.0. The molecule has 0 bridgehead atoms. The van der Waals surface area contributed by atoms with Crippen molar-refractivity contribution in [1.82, 2.24) is 5.32 Å². The summed E-state index contributed by atoms with van der Waals surface area (Å²) in [5.41, 5.74) is 2.88. The molecule has 126 valence electrons. The minimum Gasteiger partial charge on any atom is -0.493 e. The maximum Gasteiger partial charge on any atom is 0.471 e. The SMILES string of the molecule is COc1cc2c(cc1OC)C(=CCNC(=O)C(F)(F)F)CCC2. The highest BCUT2D eigenvalue weighted by Gasteiger charge is 2.38. The average molecular weight is 329 g/mol. The molecule has 0 aromatic heterocycles. The van der Waals surface area contributed by atoms with Gasteiger partial charge in [-0.3, -0.25) is 4.79 Å². The molecular formula is C16H18F3NO3. The monoisotopic (exact) mass is 329 g/mol. The molecule has 7 heteroatoms. The molecule has 23 heavy (non-hydrogen) atoms. The van der Waals surface area contributed by atoms with Gasteiger partial charge in [0.25, 0.3) is 0 Å². The van der Waals surface area contributed by atoms with Crippen molar-refractivity contribution in [1.29, 1.82) is 0 Å². The number of benzene rings is 1. The van der Waals surface area contributed by atoms with Gasteiger partial charge in [0.05, 0.1) is 14.2 Å². The molecule has 0 radical (unpaired) electrons. The number of halogens is 3. The van der Waals surface area contributed by atoms with Crippen molar-refractivity contribution in [3.63, 3.8) is 0 Å². The molecule has 1 N–H and O–H groups in total. The maximum atomic E-state index is 12.2. The molecule has 0 spiro atoms. The Morgan fingerprint density at radius 1 is 1.22 bits per heavy atom. The zero-order chi connectivity index (χ0) is 17.0. The summed E-state index contributed by atoms with van der Waals surface area (Å²) in [6.45, 7) is -0.165. The number of rotatable bonds is 4. The fourth-order valence-electron chi connectivity index (χ4n) is 2.61. The summed E-state index contributed by atoms with van der Waals surface area (Å²) in [4.78, 5) is 10.8. The summed E-state index contributed by atoms with van der Waals surface area (Å²) in [6.07, 6.45) is -0.749. The Kier molecular flexibility index (Phi) is 5.18. The number of allylic oxidation sites excluding steroid dienone is 1. The molecule has 4 nitrogen and oxygen atoms in total. The van der Waals surface area contributed by atoms with E-state index in [-0.39, 0.29) is 6.54 Å². The lowest BCUT2D eigenvalue weighted by Gasteiger charge is -2.21. The van der Waals surface area contributed by atoms with Crippen LogP contribution < -0.4 is 14.8 Å². The van der Waals surface area contributed by atoms with Gasteiger partial charge < -0.3 is 14.8 Å². The van der Waals surface area contributed by atoms with Crippen LogP contribution in [-0.4, -0.2) is 32.8 Å².